The summed E-state index contributed by atoms with van der Waals surface area (Å²) < 4.78 is 9.45. The van der Waals surface area contributed by atoms with Crippen molar-refractivity contribution in [2.24, 2.45) is 0 Å². The third-order valence-corrected chi connectivity index (χ3v) is 14.0. The van der Waals surface area contributed by atoms with E-state index in [1.165, 1.54) is 21.5 Å². The Morgan fingerprint density at radius 2 is 0.706 bits per heavy atom. The second kappa shape index (κ2) is 14.4. The van der Waals surface area contributed by atoms with Gasteiger partial charge in [0.05, 0.1) is 73.7 Å². The molecule has 0 atom stereocenters. The van der Waals surface area contributed by atoms with Crippen molar-refractivity contribution in [2.45, 2.75) is 0 Å². The van der Waals surface area contributed by atoms with Crippen LogP contribution in [0.4, 0.5) is 5.69 Å². The van der Waals surface area contributed by atoms with Gasteiger partial charge >= 0.3 is 0 Å². The zero-order chi connectivity index (χ0) is 45.0. The Labute approximate surface area is 390 Å². The fraction of sp³-hybridized carbons (Fsp3) is 0. The molecule has 10 aromatic carbocycles. The minimum absolute atomic E-state index is 0.501. The van der Waals surface area contributed by atoms with Crippen LogP contribution in [0, 0.1) is 17.9 Å². The maximum Gasteiger partial charge on any atom is 0.197 e. The summed E-state index contributed by atoms with van der Waals surface area (Å²) in [6.45, 7) is 8.67. The smallest absolute Gasteiger partial charge is 0.197 e. The highest BCUT2D eigenvalue weighted by atomic mass is 15.1. The number of rotatable bonds is 5. The average molecular weight is 865 g/mol. The first-order valence-electron chi connectivity index (χ1n) is 22.8. The topological polar surface area (TPSA) is 47.9 Å². The quantitative estimate of drug-likeness (QED) is 0.159. The first-order valence-corrected chi connectivity index (χ1v) is 22.8. The fourth-order valence-corrected chi connectivity index (χ4v) is 11.1. The van der Waals surface area contributed by atoms with Gasteiger partial charge in [-0.15, -0.1) is 0 Å². The molecule has 0 spiro atoms. The number of hydrogen-bond acceptors (Lipinski definition) is 1. The van der Waals surface area contributed by atoms with Crippen molar-refractivity contribution in [1.29, 1.82) is 5.26 Å². The second-order valence-electron chi connectivity index (χ2n) is 17.5. The Balaban J connectivity index is 1.07. The molecule has 314 valence electrons. The molecule has 4 heterocycles. The molecule has 0 saturated carbocycles. The van der Waals surface area contributed by atoms with E-state index in [1.54, 1.807) is 0 Å². The van der Waals surface area contributed by atoms with E-state index >= 15 is 0 Å². The fourth-order valence-electron chi connectivity index (χ4n) is 11.1. The molecule has 6 nitrogen and oxygen atoms in total. The highest BCUT2D eigenvalue weighted by Crippen LogP contribution is 2.45. The third kappa shape index (κ3) is 5.31. The van der Waals surface area contributed by atoms with E-state index in [1.807, 2.05) is 24.3 Å². The van der Waals surface area contributed by atoms with Gasteiger partial charge in [0.1, 0.15) is 0 Å². The summed E-state index contributed by atoms with van der Waals surface area (Å²) in [4.78, 5) is 4.21. The summed E-state index contributed by atoms with van der Waals surface area (Å²) in [5.41, 5.74) is 15.4. The van der Waals surface area contributed by atoms with Crippen LogP contribution in [0.2, 0.25) is 0 Å². The van der Waals surface area contributed by atoms with E-state index in [0.717, 1.165) is 99.6 Å². The molecule has 0 fully saturated rings. The van der Waals surface area contributed by atoms with Gasteiger partial charge in [0.2, 0.25) is 0 Å². The first kappa shape index (κ1) is 37.7. The molecule has 0 saturated heterocycles. The number of nitrogens with zero attached hydrogens (tertiary/aromatic N) is 6. The standard InChI is InChI=1S/C62H36N6/c1-64-52-37-62(68-58-28-13-7-22-48(58)51-35-42(30-32-60(51)68)66-55-25-10-4-19-45(55)46-20-5-11-26-56(46)66)61(36-49(52)40-16-14-15-39(33-40)38-63)67-57-27-12-6-21-47(57)50-34-41(29-31-59(50)67)65-53-23-8-2-17-43(53)44-18-3-9-24-54(44)65/h2-37H. The molecular weight excluding hydrogens is 829 g/mol. The van der Waals surface area contributed by atoms with Crippen LogP contribution in [0.5, 0.6) is 0 Å². The third-order valence-electron chi connectivity index (χ3n) is 14.0. The van der Waals surface area contributed by atoms with Crippen LogP contribution in [-0.4, -0.2) is 18.3 Å². The van der Waals surface area contributed by atoms with E-state index in [9.17, 15) is 5.26 Å². The molecular formula is C62H36N6. The van der Waals surface area contributed by atoms with Crippen molar-refractivity contribution in [2.75, 3.05) is 0 Å². The highest BCUT2D eigenvalue weighted by Gasteiger charge is 2.24. The summed E-state index contributed by atoms with van der Waals surface area (Å²) in [5, 5.41) is 19.4. The van der Waals surface area contributed by atoms with Crippen molar-refractivity contribution in [3.8, 4) is 39.9 Å². The molecule has 0 aliphatic rings. The van der Waals surface area contributed by atoms with Gasteiger partial charge in [-0.25, -0.2) is 4.85 Å². The lowest BCUT2D eigenvalue weighted by molar-refractivity contribution is 1.09. The molecule has 0 bridgehead atoms. The molecule has 0 radical (unpaired) electrons. The molecule has 14 rings (SSSR count). The largest absolute Gasteiger partial charge is 0.309 e. The van der Waals surface area contributed by atoms with Crippen LogP contribution < -0.4 is 0 Å². The molecule has 0 aliphatic carbocycles. The number of para-hydroxylation sites is 6. The normalized spacial score (nSPS) is 11.8. The molecule has 0 amide bonds. The predicted octanol–water partition coefficient (Wildman–Crippen LogP) is 16.2. The molecule has 6 heteroatoms. The molecule has 0 aliphatic heterocycles. The van der Waals surface area contributed by atoms with Crippen LogP contribution in [0.1, 0.15) is 5.56 Å². The Bertz CT molecular complexity index is 4430. The van der Waals surface area contributed by atoms with Crippen LogP contribution in [0.3, 0.4) is 0 Å². The molecule has 14 aromatic rings. The van der Waals surface area contributed by atoms with Crippen LogP contribution in [0.15, 0.2) is 218 Å². The Morgan fingerprint density at radius 1 is 0.338 bits per heavy atom. The number of nitriles is 1. The lowest BCUT2D eigenvalue weighted by atomic mass is 9.99. The summed E-state index contributed by atoms with van der Waals surface area (Å²) in [6, 6.07) is 79.5. The number of benzene rings is 10. The van der Waals surface area contributed by atoms with Gasteiger partial charge in [0.15, 0.2) is 5.69 Å². The zero-order valence-electron chi connectivity index (χ0n) is 36.5. The van der Waals surface area contributed by atoms with Gasteiger partial charge < -0.3 is 18.3 Å². The number of hydrogen-bond donors (Lipinski definition) is 0. The summed E-state index contributed by atoms with van der Waals surface area (Å²) in [6.07, 6.45) is 0. The average Bonchev–Trinajstić information content (AvgIpc) is 4.13. The Hall–Kier alpha value is -9.62. The lowest BCUT2D eigenvalue weighted by Crippen LogP contribution is -2.04. The molecule has 4 aromatic heterocycles. The van der Waals surface area contributed by atoms with E-state index in [2.05, 4.69) is 223 Å². The molecule has 0 unspecified atom stereocenters. The van der Waals surface area contributed by atoms with Crippen LogP contribution >= 0.6 is 0 Å². The van der Waals surface area contributed by atoms with Gasteiger partial charge in [-0.2, -0.15) is 5.26 Å². The maximum atomic E-state index is 10.0. The van der Waals surface area contributed by atoms with Gasteiger partial charge in [-0.3, -0.25) is 0 Å². The lowest BCUT2D eigenvalue weighted by Gasteiger charge is -2.20. The highest BCUT2D eigenvalue weighted by molar-refractivity contribution is 6.15. The van der Waals surface area contributed by atoms with Gasteiger partial charge in [0.25, 0.3) is 0 Å². The second-order valence-corrected chi connectivity index (χ2v) is 17.5. The minimum Gasteiger partial charge on any atom is -0.309 e. The van der Waals surface area contributed by atoms with Crippen molar-refractivity contribution in [3.05, 3.63) is 235 Å². The van der Waals surface area contributed by atoms with Crippen molar-refractivity contribution in [1.82, 2.24) is 18.3 Å². The van der Waals surface area contributed by atoms with E-state index < -0.39 is 0 Å². The van der Waals surface area contributed by atoms with E-state index in [0.29, 0.717) is 11.3 Å². The SMILES string of the molecule is [C-]#[N+]c1cc(-n2c3ccccc3c3cc(-n4c5ccccc5c5ccccc54)ccc32)c(-n2c3ccccc3c3cc(-n4c5ccccc5c5ccccc54)ccc32)cc1-c1cccc(C#N)c1. The molecule has 68 heavy (non-hydrogen) atoms. The summed E-state index contributed by atoms with van der Waals surface area (Å²) >= 11 is 0. The van der Waals surface area contributed by atoms with Crippen LogP contribution in [-0.2, 0) is 0 Å². The summed E-state index contributed by atoms with van der Waals surface area (Å²) in [7, 11) is 0. The van der Waals surface area contributed by atoms with Gasteiger partial charge in [-0.1, -0.05) is 121 Å². The molecule has 0 N–H and O–H groups in total. The van der Waals surface area contributed by atoms with Crippen LogP contribution in [0.25, 0.3) is 126 Å². The van der Waals surface area contributed by atoms with Gasteiger partial charge in [-0.05, 0) is 108 Å². The van der Waals surface area contributed by atoms with E-state index in [4.69, 9.17) is 6.57 Å². The number of fused-ring (bicyclic) bond motifs is 12. The Morgan fingerprint density at radius 3 is 1.12 bits per heavy atom. The monoisotopic (exact) mass is 864 g/mol. The van der Waals surface area contributed by atoms with Crippen molar-refractivity contribution >= 4 is 92.9 Å². The Kier molecular flexibility index (Phi) is 8.01. The number of aromatic nitrogens is 4. The summed E-state index contributed by atoms with van der Waals surface area (Å²) in [5.74, 6) is 0. The van der Waals surface area contributed by atoms with Gasteiger partial charge in [0, 0.05) is 54.5 Å². The zero-order valence-corrected chi connectivity index (χ0v) is 36.5. The minimum atomic E-state index is 0.501. The van der Waals surface area contributed by atoms with E-state index in [-0.39, 0.29) is 0 Å². The van der Waals surface area contributed by atoms with Crippen molar-refractivity contribution < 1.29 is 0 Å². The predicted molar refractivity (Wildman–Crippen MR) is 280 cm³/mol. The maximum absolute atomic E-state index is 10.0. The first-order chi connectivity index (χ1) is 33.7. The van der Waals surface area contributed by atoms with Crippen molar-refractivity contribution in [3.63, 3.8) is 0 Å².